The second-order valence-electron chi connectivity index (χ2n) is 7.54. The van der Waals surface area contributed by atoms with Crippen molar-refractivity contribution in [2.45, 2.75) is 19.4 Å². The topological polar surface area (TPSA) is 110 Å². The molecule has 0 aliphatic carbocycles. The molecule has 2 rings (SSSR count). The van der Waals surface area contributed by atoms with Crippen LogP contribution in [0.15, 0.2) is 48.5 Å². The van der Waals surface area contributed by atoms with Crippen molar-refractivity contribution in [1.29, 1.82) is 0 Å². The molecule has 2 N–H and O–H groups in total. The summed E-state index contributed by atoms with van der Waals surface area (Å²) in [5, 5.41) is 12.5. The van der Waals surface area contributed by atoms with Gasteiger partial charge in [0.05, 0.1) is 17.9 Å². The van der Waals surface area contributed by atoms with E-state index in [1.807, 2.05) is 31.1 Å². The van der Waals surface area contributed by atoms with Gasteiger partial charge in [0.25, 0.3) is 5.69 Å². The van der Waals surface area contributed by atoms with Gasteiger partial charge in [0.1, 0.15) is 6.10 Å². The van der Waals surface area contributed by atoms with Crippen molar-refractivity contribution < 1.29 is 37.0 Å². The zero-order valence-electron chi connectivity index (χ0n) is 18.7. The van der Waals surface area contributed by atoms with Crippen LogP contribution in [0.5, 0.6) is 0 Å². The van der Waals surface area contributed by atoms with Gasteiger partial charge >= 0.3 is 12.0 Å². The number of amides is 2. The molecule has 2 aromatic rings. The molecular weight excluding hydrogens is 436 g/mol. The molecular formula is C22H29ClN4O5. The van der Waals surface area contributed by atoms with E-state index >= 15 is 0 Å². The molecule has 0 saturated heterocycles. The quantitative estimate of drug-likeness (QED) is 0.381. The van der Waals surface area contributed by atoms with Gasteiger partial charge in [0.2, 0.25) is 0 Å². The summed E-state index contributed by atoms with van der Waals surface area (Å²) in [4.78, 5) is 38.2. The first kappa shape index (κ1) is 27.0. The van der Waals surface area contributed by atoms with E-state index in [0.717, 1.165) is 12.1 Å². The van der Waals surface area contributed by atoms with Crippen LogP contribution >= 0.6 is 0 Å². The van der Waals surface area contributed by atoms with Gasteiger partial charge in [0, 0.05) is 31.4 Å². The molecule has 0 aromatic heterocycles. The van der Waals surface area contributed by atoms with Gasteiger partial charge in [-0.3, -0.25) is 20.3 Å². The predicted molar refractivity (Wildman–Crippen MR) is 117 cm³/mol. The number of halogens is 1. The number of non-ortho nitro benzene ring substituents is 1. The SMILES string of the molecule is CC(OC(=O)N(C)c1ccc(CC(=O)[NH2+]CCN(C)C)cc1)c1ccc([N+](=O)[O-])cc1.[Cl-]. The van der Waals surface area contributed by atoms with Gasteiger partial charge in [-0.25, -0.2) is 9.59 Å². The lowest BCUT2D eigenvalue weighted by Crippen LogP contribution is -3.00. The minimum atomic E-state index is -0.564. The number of nitro groups is 1. The second kappa shape index (κ2) is 12.7. The molecule has 1 atom stereocenters. The number of quaternary nitrogens is 1. The van der Waals surface area contributed by atoms with E-state index in [1.54, 1.807) is 43.6 Å². The Kier molecular flexibility index (Phi) is 10.8. The molecule has 1 unspecified atom stereocenters. The van der Waals surface area contributed by atoms with Crippen LogP contribution < -0.4 is 22.6 Å². The van der Waals surface area contributed by atoms with E-state index < -0.39 is 17.1 Å². The molecule has 0 spiro atoms. The average molecular weight is 465 g/mol. The predicted octanol–water partition coefficient (Wildman–Crippen LogP) is -0.873. The number of anilines is 1. The third-order valence-corrected chi connectivity index (χ3v) is 4.78. The normalized spacial score (nSPS) is 11.4. The van der Waals surface area contributed by atoms with Gasteiger partial charge in [0.15, 0.2) is 0 Å². The summed E-state index contributed by atoms with van der Waals surface area (Å²) >= 11 is 0. The smallest absolute Gasteiger partial charge is 0.414 e. The summed E-state index contributed by atoms with van der Waals surface area (Å²) < 4.78 is 5.47. The average Bonchev–Trinajstić information content (AvgIpc) is 2.73. The molecule has 0 saturated carbocycles. The largest absolute Gasteiger partial charge is 1.00 e. The van der Waals surface area contributed by atoms with Crippen LogP contribution in [0, 0.1) is 10.1 Å². The zero-order chi connectivity index (χ0) is 23.0. The summed E-state index contributed by atoms with van der Waals surface area (Å²) in [5.41, 5.74) is 2.14. The lowest BCUT2D eigenvalue weighted by molar-refractivity contribution is -0.568. The lowest BCUT2D eigenvalue weighted by Gasteiger charge is -2.21. The number of benzene rings is 2. The molecule has 9 nitrogen and oxygen atoms in total. The molecule has 0 heterocycles. The van der Waals surface area contributed by atoms with Gasteiger partial charge in [-0.15, -0.1) is 0 Å². The highest BCUT2D eigenvalue weighted by Crippen LogP contribution is 2.22. The van der Waals surface area contributed by atoms with Crippen LogP contribution in [0.25, 0.3) is 0 Å². The molecule has 32 heavy (non-hydrogen) atoms. The van der Waals surface area contributed by atoms with Crippen LogP contribution in [-0.2, 0) is 16.0 Å². The second-order valence-corrected chi connectivity index (χ2v) is 7.54. The van der Waals surface area contributed by atoms with Crippen LogP contribution in [0.1, 0.15) is 24.2 Å². The van der Waals surface area contributed by atoms with E-state index in [0.29, 0.717) is 24.2 Å². The molecule has 0 radical (unpaired) electrons. The van der Waals surface area contributed by atoms with E-state index in [9.17, 15) is 19.7 Å². The molecule has 0 bridgehead atoms. The van der Waals surface area contributed by atoms with Crippen molar-refractivity contribution >= 4 is 23.4 Å². The fourth-order valence-corrected chi connectivity index (χ4v) is 2.87. The molecule has 2 amide bonds. The highest BCUT2D eigenvalue weighted by molar-refractivity contribution is 5.87. The number of hydrogen-bond acceptors (Lipinski definition) is 6. The minimum Gasteiger partial charge on any atom is -1.00 e. The Morgan fingerprint density at radius 3 is 2.19 bits per heavy atom. The van der Waals surface area contributed by atoms with Crippen molar-refractivity contribution in [3.05, 3.63) is 69.8 Å². The van der Waals surface area contributed by atoms with E-state index in [-0.39, 0.29) is 24.0 Å². The highest BCUT2D eigenvalue weighted by Gasteiger charge is 2.18. The Morgan fingerprint density at radius 2 is 1.66 bits per heavy atom. The first-order valence-corrected chi connectivity index (χ1v) is 9.95. The summed E-state index contributed by atoms with van der Waals surface area (Å²) in [7, 11) is 5.52. The number of carbonyl (C=O) groups is 2. The van der Waals surface area contributed by atoms with Crippen molar-refractivity contribution in [2.75, 3.05) is 39.1 Å². The first-order chi connectivity index (χ1) is 14.7. The number of hydrogen-bond donors (Lipinski definition) is 1. The van der Waals surface area contributed by atoms with Crippen molar-refractivity contribution in [3.63, 3.8) is 0 Å². The first-order valence-electron chi connectivity index (χ1n) is 9.95. The Bertz CT molecular complexity index is 904. The maximum atomic E-state index is 12.5. The Hall–Kier alpha value is -3.01. The summed E-state index contributed by atoms with van der Waals surface area (Å²) in [6.07, 6.45) is -0.795. The van der Waals surface area contributed by atoms with Crippen LogP contribution in [-0.4, -0.2) is 56.1 Å². The Labute approximate surface area is 193 Å². The zero-order valence-corrected chi connectivity index (χ0v) is 19.4. The van der Waals surface area contributed by atoms with E-state index in [4.69, 9.17) is 4.74 Å². The minimum absolute atomic E-state index is 0. The maximum Gasteiger partial charge on any atom is 0.414 e. The van der Waals surface area contributed by atoms with Gasteiger partial charge < -0.3 is 22.0 Å². The summed E-state index contributed by atoms with van der Waals surface area (Å²) in [6.45, 7) is 3.25. The van der Waals surface area contributed by atoms with E-state index in [2.05, 4.69) is 0 Å². The molecule has 10 heteroatoms. The maximum absolute atomic E-state index is 12.5. The Balaban J connectivity index is 0.00000512. The van der Waals surface area contributed by atoms with Crippen molar-refractivity contribution in [1.82, 2.24) is 4.90 Å². The molecule has 0 aliphatic rings. The van der Waals surface area contributed by atoms with Crippen molar-refractivity contribution in [3.8, 4) is 0 Å². The van der Waals surface area contributed by atoms with Gasteiger partial charge in [-0.2, -0.15) is 0 Å². The van der Waals surface area contributed by atoms with Crippen LogP contribution in [0.4, 0.5) is 16.2 Å². The Morgan fingerprint density at radius 1 is 1.06 bits per heavy atom. The van der Waals surface area contributed by atoms with Gasteiger partial charge in [-0.05, 0) is 56.4 Å². The molecule has 0 fully saturated rings. The molecule has 174 valence electrons. The number of rotatable bonds is 9. The monoisotopic (exact) mass is 464 g/mol. The highest BCUT2D eigenvalue weighted by atomic mass is 35.5. The van der Waals surface area contributed by atoms with Crippen LogP contribution in [0.2, 0.25) is 0 Å². The molecule has 0 aliphatic heterocycles. The van der Waals surface area contributed by atoms with Crippen molar-refractivity contribution in [2.24, 2.45) is 0 Å². The molecule has 2 aromatic carbocycles. The number of primary amides is 1. The standard InChI is InChI=1S/C22H28N4O5.ClH/c1-16(18-7-11-20(12-8-18)26(29)30)31-22(28)25(4)19-9-5-17(6-10-19)15-21(27)23-13-14-24(2)3;/h5-12,16H,13-15H2,1-4H3,(H,23,27);1H. The fraction of sp³-hybridized carbons (Fsp3) is 0.364. The third kappa shape index (κ3) is 8.26. The summed E-state index contributed by atoms with van der Waals surface area (Å²) in [6, 6.07) is 13.0. The number of ether oxygens (including phenoxy) is 1. The third-order valence-electron chi connectivity index (χ3n) is 4.78. The number of likely N-dealkylation sites (N-methyl/N-ethyl adjacent to an activating group) is 1. The number of nitro benzene ring substituents is 1. The van der Waals surface area contributed by atoms with Crippen LogP contribution in [0.3, 0.4) is 0 Å². The lowest BCUT2D eigenvalue weighted by atomic mass is 10.1. The number of nitrogens with zero attached hydrogens (tertiary/aromatic N) is 3. The van der Waals surface area contributed by atoms with E-state index in [1.165, 1.54) is 17.0 Å². The summed E-state index contributed by atoms with van der Waals surface area (Å²) in [5.74, 6) is 0.0688. The number of nitrogens with two attached hydrogens (primary N) is 1. The van der Waals surface area contributed by atoms with Gasteiger partial charge in [-0.1, -0.05) is 12.1 Å². The fourth-order valence-electron chi connectivity index (χ4n) is 2.87. The number of carbonyl (C=O) groups excluding carboxylic acids is 2.